The van der Waals surface area contributed by atoms with Crippen molar-refractivity contribution in [3.63, 3.8) is 0 Å². The SMILES string of the molecule is CCc1ccc(S(=O)(=O)N(C)C(C)C)cc1CN. The number of nitrogens with zero attached hydrogens (tertiary/aromatic N) is 1. The van der Waals surface area contributed by atoms with E-state index in [1.54, 1.807) is 19.2 Å². The van der Waals surface area contributed by atoms with E-state index in [1.807, 2.05) is 26.8 Å². The zero-order chi connectivity index (χ0) is 13.9. The molecule has 0 atom stereocenters. The lowest BCUT2D eigenvalue weighted by Crippen LogP contribution is -2.33. The Balaban J connectivity index is 3.26. The first-order valence-electron chi connectivity index (χ1n) is 6.14. The first-order valence-corrected chi connectivity index (χ1v) is 7.58. The standard InChI is InChI=1S/C13H22N2O2S/c1-5-11-6-7-13(8-12(11)9-14)18(16,17)15(4)10(2)3/h6-8,10H,5,9,14H2,1-4H3. The molecule has 0 radical (unpaired) electrons. The van der Waals surface area contributed by atoms with Crippen molar-refractivity contribution in [2.24, 2.45) is 5.73 Å². The summed E-state index contributed by atoms with van der Waals surface area (Å²) in [5.41, 5.74) is 7.67. The number of hydrogen-bond acceptors (Lipinski definition) is 3. The van der Waals surface area contributed by atoms with Gasteiger partial charge in [0.1, 0.15) is 0 Å². The molecule has 0 aromatic heterocycles. The van der Waals surface area contributed by atoms with Crippen molar-refractivity contribution in [2.75, 3.05) is 7.05 Å². The highest BCUT2D eigenvalue weighted by Gasteiger charge is 2.23. The zero-order valence-electron chi connectivity index (χ0n) is 11.5. The van der Waals surface area contributed by atoms with E-state index in [1.165, 1.54) is 4.31 Å². The summed E-state index contributed by atoms with van der Waals surface area (Å²) < 4.78 is 26.0. The van der Waals surface area contributed by atoms with Gasteiger partial charge >= 0.3 is 0 Å². The number of sulfonamides is 1. The van der Waals surface area contributed by atoms with Gasteiger partial charge in [-0.05, 0) is 43.5 Å². The predicted molar refractivity (Wildman–Crippen MR) is 73.8 cm³/mol. The number of nitrogens with two attached hydrogens (primary N) is 1. The number of hydrogen-bond donors (Lipinski definition) is 1. The molecule has 0 aliphatic carbocycles. The molecule has 102 valence electrons. The van der Waals surface area contributed by atoms with E-state index in [9.17, 15) is 8.42 Å². The maximum absolute atomic E-state index is 12.3. The Morgan fingerprint density at radius 3 is 2.33 bits per heavy atom. The molecule has 0 aliphatic rings. The van der Waals surface area contributed by atoms with Crippen LogP contribution in [0.15, 0.2) is 23.1 Å². The highest BCUT2D eigenvalue weighted by molar-refractivity contribution is 7.89. The zero-order valence-corrected chi connectivity index (χ0v) is 12.3. The third-order valence-corrected chi connectivity index (χ3v) is 5.21. The molecule has 0 fully saturated rings. The molecule has 0 bridgehead atoms. The largest absolute Gasteiger partial charge is 0.326 e. The molecule has 1 aromatic rings. The van der Waals surface area contributed by atoms with Crippen molar-refractivity contribution in [2.45, 2.75) is 44.7 Å². The summed E-state index contributed by atoms with van der Waals surface area (Å²) in [5.74, 6) is 0. The van der Waals surface area contributed by atoms with Crippen molar-refractivity contribution in [3.8, 4) is 0 Å². The minimum Gasteiger partial charge on any atom is -0.326 e. The molecule has 18 heavy (non-hydrogen) atoms. The molecule has 0 aliphatic heterocycles. The van der Waals surface area contributed by atoms with Gasteiger partial charge in [-0.25, -0.2) is 8.42 Å². The normalized spacial score (nSPS) is 12.4. The van der Waals surface area contributed by atoms with E-state index in [0.29, 0.717) is 11.4 Å². The summed E-state index contributed by atoms with van der Waals surface area (Å²) in [5, 5.41) is 0. The Labute approximate surface area is 110 Å². The summed E-state index contributed by atoms with van der Waals surface area (Å²) >= 11 is 0. The van der Waals surface area contributed by atoms with Gasteiger partial charge in [-0.15, -0.1) is 0 Å². The smallest absolute Gasteiger partial charge is 0.243 e. The second-order valence-electron chi connectivity index (χ2n) is 4.60. The lowest BCUT2D eigenvalue weighted by Gasteiger charge is -2.21. The highest BCUT2D eigenvalue weighted by atomic mass is 32.2. The van der Waals surface area contributed by atoms with E-state index in [4.69, 9.17) is 5.73 Å². The fraction of sp³-hybridized carbons (Fsp3) is 0.538. The summed E-state index contributed by atoms with van der Waals surface area (Å²) in [6, 6.07) is 5.13. The topological polar surface area (TPSA) is 63.4 Å². The summed E-state index contributed by atoms with van der Waals surface area (Å²) in [7, 11) is -1.82. The molecule has 5 heteroatoms. The van der Waals surface area contributed by atoms with Crippen LogP contribution in [0.4, 0.5) is 0 Å². The van der Waals surface area contributed by atoms with Gasteiger partial charge in [-0.3, -0.25) is 0 Å². The molecule has 2 N–H and O–H groups in total. The van der Waals surface area contributed by atoms with Crippen LogP contribution in [-0.4, -0.2) is 25.8 Å². The van der Waals surface area contributed by atoms with Crippen molar-refractivity contribution < 1.29 is 8.42 Å². The highest BCUT2D eigenvalue weighted by Crippen LogP contribution is 2.20. The molecule has 1 rings (SSSR count). The van der Waals surface area contributed by atoms with Crippen molar-refractivity contribution in [1.82, 2.24) is 4.31 Å². The van der Waals surface area contributed by atoms with Gasteiger partial charge in [-0.1, -0.05) is 13.0 Å². The van der Waals surface area contributed by atoms with Gasteiger partial charge in [0, 0.05) is 19.6 Å². The van der Waals surface area contributed by atoms with Gasteiger partial charge in [0.2, 0.25) is 10.0 Å². The fourth-order valence-electron chi connectivity index (χ4n) is 1.74. The third-order valence-electron chi connectivity index (χ3n) is 3.18. The maximum atomic E-state index is 12.3. The Bertz CT molecular complexity index is 510. The number of benzene rings is 1. The average Bonchev–Trinajstić information content (AvgIpc) is 2.36. The van der Waals surface area contributed by atoms with Crippen LogP contribution >= 0.6 is 0 Å². The quantitative estimate of drug-likeness (QED) is 0.886. The summed E-state index contributed by atoms with van der Waals surface area (Å²) in [6.45, 7) is 6.09. The van der Waals surface area contributed by atoms with Gasteiger partial charge in [0.15, 0.2) is 0 Å². The van der Waals surface area contributed by atoms with Crippen LogP contribution < -0.4 is 5.73 Å². The molecule has 0 spiro atoms. The number of aryl methyl sites for hydroxylation is 1. The van der Waals surface area contributed by atoms with Crippen molar-refractivity contribution >= 4 is 10.0 Å². The maximum Gasteiger partial charge on any atom is 0.243 e. The fourth-order valence-corrected chi connectivity index (χ4v) is 3.16. The van der Waals surface area contributed by atoms with E-state index < -0.39 is 10.0 Å². The van der Waals surface area contributed by atoms with Crippen LogP contribution in [0.5, 0.6) is 0 Å². The molecule has 0 amide bonds. The first-order chi connectivity index (χ1) is 8.34. The minimum absolute atomic E-state index is 0.0674. The Hall–Kier alpha value is -0.910. The van der Waals surface area contributed by atoms with Crippen LogP contribution in [0.2, 0.25) is 0 Å². The van der Waals surface area contributed by atoms with Gasteiger partial charge in [-0.2, -0.15) is 4.31 Å². The van der Waals surface area contributed by atoms with Gasteiger partial charge in [0.25, 0.3) is 0 Å². The number of rotatable bonds is 5. The van der Waals surface area contributed by atoms with Gasteiger partial charge < -0.3 is 5.73 Å². The van der Waals surface area contributed by atoms with Crippen LogP contribution in [-0.2, 0) is 23.0 Å². The summed E-state index contributed by atoms with van der Waals surface area (Å²) in [6.07, 6.45) is 0.854. The van der Waals surface area contributed by atoms with Gasteiger partial charge in [0.05, 0.1) is 4.90 Å². The lowest BCUT2D eigenvalue weighted by atomic mass is 10.1. The molecule has 0 heterocycles. The second kappa shape index (κ2) is 5.82. The molecular weight excluding hydrogens is 248 g/mol. The first kappa shape index (κ1) is 15.1. The van der Waals surface area contributed by atoms with Crippen LogP contribution in [0.25, 0.3) is 0 Å². The molecule has 1 aromatic carbocycles. The van der Waals surface area contributed by atoms with E-state index in [0.717, 1.165) is 17.5 Å². The minimum atomic E-state index is -3.42. The van der Waals surface area contributed by atoms with Crippen LogP contribution in [0, 0.1) is 0 Å². The molecule has 0 saturated carbocycles. The van der Waals surface area contributed by atoms with E-state index in [2.05, 4.69) is 0 Å². The lowest BCUT2D eigenvalue weighted by molar-refractivity contribution is 0.410. The molecule has 0 saturated heterocycles. The third kappa shape index (κ3) is 2.91. The van der Waals surface area contributed by atoms with E-state index in [-0.39, 0.29) is 6.04 Å². The Morgan fingerprint density at radius 1 is 1.28 bits per heavy atom. The Kier molecular flexibility index (Phi) is 4.90. The van der Waals surface area contributed by atoms with E-state index >= 15 is 0 Å². The van der Waals surface area contributed by atoms with Crippen LogP contribution in [0.3, 0.4) is 0 Å². The van der Waals surface area contributed by atoms with Crippen LogP contribution in [0.1, 0.15) is 31.9 Å². The van der Waals surface area contributed by atoms with Crippen molar-refractivity contribution in [1.29, 1.82) is 0 Å². The second-order valence-corrected chi connectivity index (χ2v) is 6.60. The predicted octanol–water partition coefficient (Wildman–Crippen LogP) is 1.74. The molecular formula is C13H22N2O2S. The van der Waals surface area contributed by atoms with Crippen molar-refractivity contribution in [3.05, 3.63) is 29.3 Å². The Morgan fingerprint density at radius 2 is 1.89 bits per heavy atom. The summed E-state index contributed by atoms with van der Waals surface area (Å²) in [4.78, 5) is 0.316. The molecule has 4 nitrogen and oxygen atoms in total. The average molecular weight is 270 g/mol. The monoisotopic (exact) mass is 270 g/mol. The molecule has 0 unspecified atom stereocenters.